The van der Waals surface area contributed by atoms with E-state index in [0.717, 1.165) is 18.4 Å². The molecule has 0 radical (unpaired) electrons. The quantitative estimate of drug-likeness (QED) is 0.475. The molecule has 0 bridgehead atoms. The minimum Gasteiger partial charge on any atom is -0.392 e. The van der Waals surface area contributed by atoms with Gasteiger partial charge in [-0.05, 0) is 48.2 Å². The van der Waals surface area contributed by atoms with Crippen LogP contribution < -0.4 is 5.32 Å². The van der Waals surface area contributed by atoms with Gasteiger partial charge in [0.05, 0.1) is 12.2 Å². The molecule has 1 heterocycles. The van der Waals surface area contributed by atoms with Crippen LogP contribution in [0.2, 0.25) is 0 Å². The molecule has 3 N–H and O–H groups in total. The average molecular weight is 452 g/mol. The van der Waals surface area contributed by atoms with E-state index in [1.807, 2.05) is 56.3 Å². The summed E-state index contributed by atoms with van der Waals surface area (Å²) in [6, 6.07) is 9.69. The number of aliphatic hydroxyl groups is 2. The predicted octanol–water partition coefficient (Wildman–Crippen LogP) is 3.46. The SMILES string of the molecule is C=C1[C@H](C)[C@@H]2[C@@H](Cc3ccccc3)NC(=O)[C@@]23C(=O)C[C@H](O)[C@@H](C)C[C@H](C)C/C=C/[C@@H]3[C@H]1O. The third-order valence-corrected chi connectivity index (χ3v) is 8.49. The number of amides is 1. The number of carbonyl (C=O) groups is 2. The molecule has 1 spiro atoms. The summed E-state index contributed by atoms with van der Waals surface area (Å²) in [6.45, 7) is 10.3. The molecule has 5 nitrogen and oxygen atoms in total. The number of allylic oxidation sites excluding steroid dienone is 1. The first kappa shape index (κ1) is 23.9. The molecule has 3 aliphatic rings. The first-order chi connectivity index (χ1) is 15.7. The third-order valence-electron chi connectivity index (χ3n) is 8.49. The van der Waals surface area contributed by atoms with Gasteiger partial charge in [0, 0.05) is 24.3 Å². The highest BCUT2D eigenvalue weighted by atomic mass is 16.3. The number of carbonyl (C=O) groups excluding carboxylic acids is 2. The number of benzene rings is 1. The van der Waals surface area contributed by atoms with Gasteiger partial charge in [0.15, 0.2) is 5.78 Å². The van der Waals surface area contributed by atoms with E-state index in [-0.39, 0.29) is 41.9 Å². The van der Waals surface area contributed by atoms with Crippen molar-refractivity contribution in [2.24, 2.45) is 35.0 Å². The number of hydrogen-bond acceptors (Lipinski definition) is 4. The van der Waals surface area contributed by atoms with Crippen molar-refractivity contribution in [3.63, 3.8) is 0 Å². The average Bonchev–Trinajstić information content (AvgIpc) is 3.06. The smallest absolute Gasteiger partial charge is 0.235 e. The summed E-state index contributed by atoms with van der Waals surface area (Å²) < 4.78 is 0. The molecule has 178 valence electrons. The second kappa shape index (κ2) is 9.19. The van der Waals surface area contributed by atoms with Crippen molar-refractivity contribution in [3.8, 4) is 0 Å². The zero-order valence-corrected chi connectivity index (χ0v) is 19.9. The zero-order valence-electron chi connectivity index (χ0n) is 19.9. The maximum atomic E-state index is 14.0. The second-order valence-corrected chi connectivity index (χ2v) is 10.7. The Labute approximate surface area is 197 Å². The maximum Gasteiger partial charge on any atom is 0.235 e. The van der Waals surface area contributed by atoms with Gasteiger partial charge in [0.25, 0.3) is 0 Å². The Kier molecular flexibility index (Phi) is 6.66. The summed E-state index contributed by atoms with van der Waals surface area (Å²) in [5.74, 6) is -1.55. The first-order valence-electron chi connectivity index (χ1n) is 12.3. The van der Waals surface area contributed by atoms with Crippen molar-refractivity contribution >= 4 is 11.7 Å². The zero-order chi connectivity index (χ0) is 23.9. The Balaban J connectivity index is 1.83. The Morgan fingerprint density at radius 1 is 1.12 bits per heavy atom. The van der Waals surface area contributed by atoms with Gasteiger partial charge < -0.3 is 15.5 Å². The topological polar surface area (TPSA) is 86.6 Å². The summed E-state index contributed by atoms with van der Waals surface area (Å²) in [4.78, 5) is 27.8. The van der Waals surface area contributed by atoms with Crippen LogP contribution in [0, 0.1) is 35.0 Å². The number of rotatable bonds is 2. The number of nitrogens with one attached hydrogen (secondary N) is 1. The number of hydrogen-bond donors (Lipinski definition) is 3. The molecular weight excluding hydrogens is 414 g/mol. The Hall–Kier alpha value is -2.24. The van der Waals surface area contributed by atoms with E-state index in [9.17, 15) is 19.8 Å². The molecule has 1 amide bonds. The molecule has 1 saturated heterocycles. The van der Waals surface area contributed by atoms with Crippen molar-refractivity contribution in [1.29, 1.82) is 0 Å². The molecule has 4 rings (SSSR count). The van der Waals surface area contributed by atoms with Gasteiger partial charge in [0.1, 0.15) is 5.41 Å². The standard InChI is InChI=1S/C28H37NO4/c1-16-9-8-12-21-26(32)19(4)18(3)25-22(14-20-10-6-5-7-11-20)29-27(33)28(21,25)24(31)15-23(30)17(2)13-16/h5-8,10-12,16-18,21-23,25-26,30,32H,4,9,13-15H2,1-3H3,(H,29,33)/b12-8+/t16-,17+,18+,21-,22-,23+,25-,26+,28+/m1/s1. The fraction of sp³-hybridized carbons (Fsp3) is 0.571. The molecule has 33 heavy (non-hydrogen) atoms. The van der Waals surface area contributed by atoms with Crippen LogP contribution in [0.5, 0.6) is 0 Å². The molecule has 0 aromatic heterocycles. The molecule has 1 aliphatic heterocycles. The highest BCUT2D eigenvalue weighted by Gasteiger charge is 2.68. The van der Waals surface area contributed by atoms with Crippen molar-refractivity contribution in [1.82, 2.24) is 5.32 Å². The van der Waals surface area contributed by atoms with Crippen LogP contribution in [0.15, 0.2) is 54.6 Å². The van der Waals surface area contributed by atoms with Crippen molar-refractivity contribution in [2.45, 2.75) is 64.7 Å². The van der Waals surface area contributed by atoms with Gasteiger partial charge in [-0.15, -0.1) is 0 Å². The minimum absolute atomic E-state index is 0.0470. The third kappa shape index (κ3) is 4.00. The molecule has 1 aromatic rings. The number of ketones is 1. The lowest BCUT2D eigenvalue weighted by Gasteiger charge is -2.49. The van der Waals surface area contributed by atoms with Crippen LogP contribution in [-0.4, -0.2) is 40.2 Å². The summed E-state index contributed by atoms with van der Waals surface area (Å²) in [6.07, 6.45) is 4.20. The lowest BCUT2D eigenvalue weighted by Crippen LogP contribution is -2.59. The van der Waals surface area contributed by atoms with E-state index in [1.165, 1.54) is 0 Å². The lowest BCUT2D eigenvalue weighted by atomic mass is 9.51. The Morgan fingerprint density at radius 3 is 2.52 bits per heavy atom. The molecule has 1 aromatic carbocycles. The summed E-state index contributed by atoms with van der Waals surface area (Å²) in [5.41, 5.74) is 0.344. The summed E-state index contributed by atoms with van der Waals surface area (Å²) >= 11 is 0. The maximum absolute atomic E-state index is 14.0. The minimum atomic E-state index is -1.41. The summed E-state index contributed by atoms with van der Waals surface area (Å²) in [5, 5.41) is 25.3. The van der Waals surface area contributed by atoms with Gasteiger partial charge in [-0.3, -0.25) is 9.59 Å². The van der Waals surface area contributed by atoms with E-state index < -0.39 is 23.5 Å². The molecule has 5 heteroatoms. The van der Waals surface area contributed by atoms with E-state index in [2.05, 4.69) is 18.8 Å². The van der Waals surface area contributed by atoms with Crippen LogP contribution in [0.4, 0.5) is 0 Å². The van der Waals surface area contributed by atoms with E-state index in [1.54, 1.807) is 0 Å². The second-order valence-electron chi connectivity index (χ2n) is 10.7. The first-order valence-corrected chi connectivity index (χ1v) is 12.3. The molecule has 0 unspecified atom stereocenters. The monoisotopic (exact) mass is 451 g/mol. The molecule has 1 saturated carbocycles. The molecule has 9 atom stereocenters. The van der Waals surface area contributed by atoms with Gasteiger partial charge in [-0.1, -0.05) is 69.8 Å². The lowest BCUT2D eigenvalue weighted by molar-refractivity contribution is -0.153. The number of aliphatic hydroxyl groups excluding tert-OH is 2. The largest absolute Gasteiger partial charge is 0.392 e. The fourth-order valence-electron chi connectivity index (χ4n) is 6.65. The highest BCUT2D eigenvalue weighted by molar-refractivity contribution is 6.09. The van der Waals surface area contributed by atoms with Crippen molar-refractivity contribution in [3.05, 3.63) is 60.2 Å². The Morgan fingerprint density at radius 2 is 1.82 bits per heavy atom. The van der Waals surface area contributed by atoms with Gasteiger partial charge in [-0.2, -0.15) is 0 Å². The molecule has 2 aliphatic carbocycles. The molecular formula is C28H37NO4. The van der Waals surface area contributed by atoms with Crippen LogP contribution in [0.25, 0.3) is 0 Å². The van der Waals surface area contributed by atoms with E-state index in [0.29, 0.717) is 17.9 Å². The normalized spacial score (nSPS) is 42.6. The van der Waals surface area contributed by atoms with Crippen molar-refractivity contribution in [2.75, 3.05) is 0 Å². The van der Waals surface area contributed by atoms with Crippen LogP contribution in [0.3, 0.4) is 0 Å². The van der Waals surface area contributed by atoms with Gasteiger partial charge in [0.2, 0.25) is 5.91 Å². The van der Waals surface area contributed by atoms with Crippen LogP contribution in [0.1, 0.15) is 45.6 Å². The van der Waals surface area contributed by atoms with Gasteiger partial charge >= 0.3 is 0 Å². The molecule has 2 fully saturated rings. The van der Waals surface area contributed by atoms with E-state index >= 15 is 0 Å². The Bertz CT molecular complexity index is 940. The van der Waals surface area contributed by atoms with Gasteiger partial charge in [-0.25, -0.2) is 0 Å². The van der Waals surface area contributed by atoms with Crippen LogP contribution in [-0.2, 0) is 16.0 Å². The highest BCUT2D eigenvalue weighted by Crippen LogP contribution is 2.57. The summed E-state index contributed by atoms with van der Waals surface area (Å²) in [7, 11) is 0. The van der Waals surface area contributed by atoms with E-state index in [4.69, 9.17) is 0 Å². The van der Waals surface area contributed by atoms with Crippen LogP contribution >= 0.6 is 0 Å². The fourth-order valence-corrected chi connectivity index (χ4v) is 6.65. The predicted molar refractivity (Wildman–Crippen MR) is 128 cm³/mol. The number of Topliss-reactive ketones (excluding diaryl/α,β-unsaturated/α-hetero) is 1. The van der Waals surface area contributed by atoms with Crippen molar-refractivity contribution < 1.29 is 19.8 Å².